The number of imidazole rings is 1. The molecule has 0 radical (unpaired) electrons. The van der Waals surface area contributed by atoms with E-state index in [0.29, 0.717) is 16.9 Å². The summed E-state index contributed by atoms with van der Waals surface area (Å²) in [6.07, 6.45) is 6.07. The first-order valence-electron chi connectivity index (χ1n) is 6.26. The number of rotatable bonds is 2. The molecule has 0 spiro atoms. The van der Waals surface area contributed by atoms with Crippen LogP contribution in [0.3, 0.4) is 0 Å². The van der Waals surface area contributed by atoms with Crippen molar-refractivity contribution in [2.24, 2.45) is 0 Å². The van der Waals surface area contributed by atoms with Crippen molar-refractivity contribution in [1.29, 1.82) is 0 Å². The smallest absolute Gasteiger partial charge is 0.147 e. The quantitative estimate of drug-likeness (QED) is 0.787. The molecule has 2 heterocycles. The van der Waals surface area contributed by atoms with Crippen molar-refractivity contribution in [2.75, 3.05) is 5.73 Å². The molecule has 2 N–H and O–H groups in total. The highest BCUT2D eigenvalue weighted by Gasteiger charge is 2.15. The Labute approximate surface area is 119 Å². The maximum absolute atomic E-state index is 14.1. The van der Waals surface area contributed by atoms with Gasteiger partial charge in [0.25, 0.3) is 0 Å². The predicted molar refractivity (Wildman–Crippen MR) is 75.9 cm³/mol. The summed E-state index contributed by atoms with van der Waals surface area (Å²) in [4.78, 5) is 8.00. The number of anilines is 1. The van der Waals surface area contributed by atoms with Crippen LogP contribution in [0.5, 0.6) is 0 Å². The summed E-state index contributed by atoms with van der Waals surface area (Å²) in [7, 11) is 0. The number of pyridine rings is 1. The number of hydrogen-bond acceptors (Lipinski definition) is 3. The van der Waals surface area contributed by atoms with Crippen LogP contribution in [0.2, 0.25) is 0 Å². The number of halogens is 2. The SMILES string of the molecule is Cc1cc(F)c(-n2cncc2-c2cnccc2N)cc1F. The molecule has 0 aliphatic carbocycles. The van der Waals surface area contributed by atoms with Crippen molar-refractivity contribution in [2.45, 2.75) is 6.92 Å². The van der Waals surface area contributed by atoms with Crippen LogP contribution in [0, 0.1) is 18.6 Å². The minimum atomic E-state index is -0.532. The average molecular weight is 286 g/mol. The molecule has 0 fully saturated rings. The number of nitrogens with zero attached hydrogens (tertiary/aromatic N) is 3. The van der Waals surface area contributed by atoms with Gasteiger partial charge in [0.2, 0.25) is 0 Å². The van der Waals surface area contributed by atoms with Crippen molar-refractivity contribution in [3.05, 3.63) is 60.3 Å². The van der Waals surface area contributed by atoms with E-state index < -0.39 is 11.6 Å². The average Bonchev–Trinajstić information content (AvgIpc) is 2.92. The van der Waals surface area contributed by atoms with Crippen LogP contribution < -0.4 is 5.73 Å². The number of benzene rings is 1. The standard InChI is InChI=1S/C15H12F2N4/c1-9-4-12(17)14(5-11(9)16)21-8-20-7-15(21)10-6-19-3-2-13(10)18/h2-8H,1H3,(H2,18,19). The second kappa shape index (κ2) is 4.97. The Morgan fingerprint density at radius 3 is 2.67 bits per heavy atom. The van der Waals surface area contributed by atoms with E-state index in [0.717, 1.165) is 12.1 Å². The highest BCUT2D eigenvalue weighted by molar-refractivity contribution is 5.73. The zero-order chi connectivity index (χ0) is 15.0. The second-order valence-corrected chi connectivity index (χ2v) is 4.66. The molecular formula is C15H12F2N4. The van der Waals surface area contributed by atoms with Gasteiger partial charge in [-0.25, -0.2) is 13.8 Å². The molecule has 0 aliphatic rings. The highest BCUT2D eigenvalue weighted by atomic mass is 19.1. The van der Waals surface area contributed by atoms with Crippen LogP contribution in [-0.4, -0.2) is 14.5 Å². The van der Waals surface area contributed by atoms with Gasteiger partial charge in [0.1, 0.15) is 11.6 Å². The van der Waals surface area contributed by atoms with Gasteiger partial charge in [-0.1, -0.05) is 0 Å². The Balaban J connectivity index is 2.21. The normalized spacial score (nSPS) is 10.8. The van der Waals surface area contributed by atoms with Crippen LogP contribution in [0.1, 0.15) is 5.56 Å². The van der Waals surface area contributed by atoms with Gasteiger partial charge in [0.15, 0.2) is 0 Å². The van der Waals surface area contributed by atoms with E-state index in [9.17, 15) is 8.78 Å². The Morgan fingerprint density at radius 1 is 1.10 bits per heavy atom. The Kier molecular flexibility index (Phi) is 3.13. The number of nitrogens with two attached hydrogens (primary N) is 1. The molecule has 21 heavy (non-hydrogen) atoms. The molecule has 0 atom stereocenters. The fraction of sp³-hybridized carbons (Fsp3) is 0.0667. The van der Waals surface area contributed by atoms with Crippen molar-refractivity contribution in [1.82, 2.24) is 14.5 Å². The van der Waals surface area contributed by atoms with Crippen molar-refractivity contribution in [3.63, 3.8) is 0 Å². The van der Waals surface area contributed by atoms with E-state index in [2.05, 4.69) is 9.97 Å². The van der Waals surface area contributed by atoms with Gasteiger partial charge in [-0.05, 0) is 24.6 Å². The zero-order valence-corrected chi connectivity index (χ0v) is 11.2. The fourth-order valence-electron chi connectivity index (χ4n) is 2.13. The largest absolute Gasteiger partial charge is 0.398 e. The Bertz CT molecular complexity index is 811. The third-order valence-electron chi connectivity index (χ3n) is 3.26. The molecule has 0 aliphatic heterocycles. The molecule has 2 aromatic heterocycles. The minimum Gasteiger partial charge on any atom is -0.398 e. The molecule has 106 valence electrons. The summed E-state index contributed by atoms with van der Waals surface area (Å²) in [6, 6.07) is 3.93. The van der Waals surface area contributed by atoms with Crippen LogP contribution in [0.25, 0.3) is 16.9 Å². The van der Waals surface area contributed by atoms with Crippen LogP contribution >= 0.6 is 0 Å². The summed E-state index contributed by atoms with van der Waals surface area (Å²) in [5.41, 5.74) is 7.87. The minimum absolute atomic E-state index is 0.0776. The van der Waals surface area contributed by atoms with Gasteiger partial charge in [-0.2, -0.15) is 0 Å². The molecule has 0 saturated carbocycles. The molecule has 0 bridgehead atoms. The lowest BCUT2D eigenvalue weighted by Crippen LogP contribution is -2.02. The van der Waals surface area contributed by atoms with Gasteiger partial charge in [0, 0.05) is 29.7 Å². The topological polar surface area (TPSA) is 56.7 Å². The monoisotopic (exact) mass is 286 g/mol. The van der Waals surface area contributed by atoms with Crippen molar-refractivity contribution < 1.29 is 8.78 Å². The van der Waals surface area contributed by atoms with Crippen molar-refractivity contribution in [3.8, 4) is 16.9 Å². The lowest BCUT2D eigenvalue weighted by Gasteiger charge is -2.11. The van der Waals surface area contributed by atoms with Gasteiger partial charge in [0.05, 0.1) is 23.9 Å². The van der Waals surface area contributed by atoms with Gasteiger partial charge in [-0.15, -0.1) is 0 Å². The Hall–Kier alpha value is -2.76. The molecule has 6 heteroatoms. The highest BCUT2D eigenvalue weighted by Crippen LogP contribution is 2.28. The van der Waals surface area contributed by atoms with Gasteiger partial charge >= 0.3 is 0 Å². The van der Waals surface area contributed by atoms with Gasteiger partial charge < -0.3 is 5.73 Å². The molecule has 0 unspecified atom stereocenters. The lowest BCUT2D eigenvalue weighted by molar-refractivity contribution is 0.586. The zero-order valence-electron chi connectivity index (χ0n) is 11.2. The molecule has 3 aromatic rings. The third kappa shape index (κ3) is 2.24. The maximum Gasteiger partial charge on any atom is 0.147 e. The molecule has 4 nitrogen and oxygen atoms in total. The molecule has 0 amide bonds. The summed E-state index contributed by atoms with van der Waals surface area (Å²) < 4.78 is 29.3. The first kappa shape index (κ1) is 13.2. The molecule has 3 rings (SSSR count). The first-order chi connectivity index (χ1) is 10.1. The number of aryl methyl sites for hydroxylation is 1. The van der Waals surface area contributed by atoms with E-state index >= 15 is 0 Å². The maximum atomic E-state index is 14.1. The van der Waals surface area contributed by atoms with E-state index in [1.54, 1.807) is 18.5 Å². The van der Waals surface area contributed by atoms with E-state index in [1.165, 1.54) is 24.0 Å². The molecular weight excluding hydrogens is 274 g/mol. The summed E-state index contributed by atoms with van der Waals surface area (Å²) in [5, 5.41) is 0. The van der Waals surface area contributed by atoms with Crippen molar-refractivity contribution >= 4 is 5.69 Å². The first-order valence-corrected chi connectivity index (χ1v) is 6.26. The van der Waals surface area contributed by atoms with Gasteiger partial charge in [-0.3, -0.25) is 9.55 Å². The third-order valence-corrected chi connectivity index (χ3v) is 3.26. The summed E-state index contributed by atoms with van der Waals surface area (Å²) in [5.74, 6) is -1.01. The van der Waals surface area contributed by atoms with Crippen LogP contribution in [0.15, 0.2) is 43.1 Å². The van der Waals surface area contributed by atoms with E-state index in [-0.39, 0.29) is 11.3 Å². The molecule has 0 saturated heterocycles. The number of aromatic nitrogens is 3. The van der Waals surface area contributed by atoms with Crippen LogP contribution in [0.4, 0.5) is 14.5 Å². The summed E-state index contributed by atoms with van der Waals surface area (Å²) >= 11 is 0. The number of nitrogen functional groups attached to an aromatic ring is 1. The second-order valence-electron chi connectivity index (χ2n) is 4.66. The number of hydrogen-bond donors (Lipinski definition) is 1. The van der Waals surface area contributed by atoms with E-state index in [4.69, 9.17) is 5.73 Å². The van der Waals surface area contributed by atoms with E-state index in [1.807, 2.05) is 0 Å². The van der Waals surface area contributed by atoms with Crippen LogP contribution in [-0.2, 0) is 0 Å². The summed E-state index contributed by atoms with van der Waals surface area (Å²) in [6.45, 7) is 1.51. The predicted octanol–water partition coefficient (Wildman–Crippen LogP) is 3.10. The molecule has 1 aromatic carbocycles. The lowest BCUT2D eigenvalue weighted by atomic mass is 10.1. The fourth-order valence-corrected chi connectivity index (χ4v) is 2.13. The Morgan fingerprint density at radius 2 is 1.90 bits per heavy atom.